The number of sulfonamides is 1. The number of rotatable bonds is 7. The molecule has 4 aromatic rings. The van der Waals surface area contributed by atoms with Crippen LogP contribution in [0.5, 0.6) is 5.75 Å². The highest BCUT2D eigenvalue weighted by Crippen LogP contribution is 2.44. The molecule has 0 bridgehead atoms. The third-order valence-corrected chi connectivity index (χ3v) is 7.17. The normalized spacial score (nSPS) is 17.5. The van der Waals surface area contributed by atoms with Crippen LogP contribution in [0.2, 0.25) is 5.02 Å². The van der Waals surface area contributed by atoms with Gasteiger partial charge in [0, 0.05) is 40.6 Å². The summed E-state index contributed by atoms with van der Waals surface area (Å²) in [6, 6.07) is 22.1. The maximum absolute atomic E-state index is 11.8. The van der Waals surface area contributed by atoms with Gasteiger partial charge in [-0.2, -0.15) is 0 Å². The van der Waals surface area contributed by atoms with Gasteiger partial charge >= 0.3 is 0 Å². The second-order valence-electron chi connectivity index (χ2n) is 8.54. The molecule has 0 saturated carbocycles. The average molecular weight is 554 g/mol. The van der Waals surface area contributed by atoms with Crippen LogP contribution in [0.4, 0.5) is 11.4 Å². The van der Waals surface area contributed by atoms with Crippen LogP contribution in [0.1, 0.15) is 23.5 Å². The molecular weight excluding hydrogens is 530 g/mol. The smallest absolute Gasteiger partial charge is 0.229 e. The standard InChI is InChI=1S/C26H24ClN5O3S2/c1-35-23-16-19(11-12-20(23)30-37(2,33)34)32-25(24(29-26(32)36)21-9-3-4-13-28-21)22-10-6-14-31(22)18-8-5-7-17(27)15-18/h3-16,24-25,30H,1-2H3,(H,29,36). The number of anilines is 2. The highest BCUT2D eigenvalue weighted by Gasteiger charge is 2.42. The Labute approximate surface area is 225 Å². The zero-order valence-electron chi connectivity index (χ0n) is 20.0. The topological polar surface area (TPSA) is 88.5 Å². The summed E-state index contributed by atoms with van der Waals surface area (Å²) in [5.74, 6) is 0.371. The third-order valence-electron chi connectivity index (χ3n) is 6.03. The summed E-state index contributed by atoms with van der Waals surface area (Å²) in [5, 5.41) is 4.58. The molecule has 1 saturated heterocycles. The number of aromatic nitrogens is 2. The van der Waals surface area contributed by atoms with E-state index in [-0.39, 0.29) is 12.1 Å². The first kappa shape index (κ1) is 25.1. The molecular formula is C26H24ClN5O3S2. The second kappa shape index (κ2) is 10.0. The van der Waals surface area contributed by atoms with E-state index < -0.39 is 10.0 Å². The molecule has 0 aliphatic carbocycles. The van der Waals surface area contributed by atoms with Gasteiger partial charge in [-0.05, 0) is 66.8 Å². The van der Waals surface area contributed by atoms with E-state index in [1.54, 1.807) is 18.3 Å². The summed E-state index contributed by atoms with van der Waals surface area (Å²) in [4.78, 5) is 6.61. The highest BCUT2D eigenvalue weighted by atomic mass is 35.5. The van der Waals surface area contributed by atoms with E-state index in [2.05, 4.69) is 19.6 Å². The van der Waals surface area contributed by atoms with Gasteiger partial charge in [-0.15, -0.1) is 0 Å². The van der Waals surface area contributed by atoms with Crippen molar-refractivity contribution in [1.29, 1.82) is 0 Å². The molecule has 0 spiro atoms. The van der Waals surface area contributed by atoms with Crippen molar-refractivity contribution >= 4 is 50.3 Å². The molecule has 1 fully saturated rings. The zero-order chi connectivity index (χ0) is 26.2. The van der Waals surface area contributed by atoms with E-state index in [0.717, 1.165) is 29.0 Å². The number of nitrogens with one attached hydrogen (secondary N) is 2. The monoisotopic (exact) mass is 553 g/mol. The molecule has 2 unspecified atom stereocenters. The molecule has 2 atom stereocenters. The molecule has 0 radical (unpaired) electrons. The summed E-state index contributed by atoms with van der Waals surface area (Å²) >= 11 is 12.1. The maximum atomic E-state index is 11.8. The number of benzene rings is 2. The van der Waals surface area contributed by atoms with E-state index in [1.807, 2.05) is 71.8 Å². The minimum Gasteiger partial charge on any atom is -0.494 e. The molecule has 5 rings (SSSR count). The van der Waals surface area contributed by atoms with Gasteiger partial charge in [0.25, 0.3) is 0 Å². The van der Waals surface area contributed by atoms with Crippen molar-refractivity contribution in [2.24, 2.45) is 0 Å². The molecule has 0 amide bonds. The number of methoxy groups -OCH3 is 1. The first-order valence-electron chi connectivity index (χ1n) is 11.3. The Morgan fingerprint density at radius 3 is 2.59 bits per heavy atom. The highest BCUT2D eigenvalue weighted by molar-refractivity contribution is 7.92. The van der Waals surface area contributed by atoms with Gasteiger partial charge in [-0.3, -0.25) is 9.71 Å². The second-order valence-corrected chi connectivity index (χ2v) is 11.1. The minimum atomic E-state index is -3.49. The quantitative estimate of drug-likeness (QED) is 0.308. The molecule has 8 nitrogen and oxygen atoms in total. The molecule has 11 heteroatoms. The lowest BCUT2D eigenvalue weighted by atomic mass is 10.0. The summed E-state index contributed by atoms with van der Waals surface area (Å²) < 4.78 is 33.8. The van der Waals surface area contributed by atoms with Crippen LogP contribution in [0.15, 0.2) is 85.2 Å². The van der Waals surface area contributed by atoms with E-state index in [1.165, 1.54) is 7.11 Å². The third kappa shape index (κ3) is 5.13. The van der Waals surface area contributed by atoms with E-state index >= 15 is 0 Å². The lowest BCUT2D eigenvalue weighted by Gasteiger charge is -2.29. The van der Waals surface area contributed by atoms with Crippen LogP contribution in [-0.2, 0) is 10.0 Å². The largest absolute Gasteiger partial charge is 0.494 e. The molecule has 2 aromatic carbocycles. The Balaban J connectivity index is 1.65. The van der Waals surface area contributed by atoms with Gasteiger partial charge in [0.05, 0.1) is 30.8 Å². The van der Waals surface area contributed by atoms with Gasteiger partial charge in [-0.1, -0.05) is 23.7 Å². The fourth-order valence-electron chi connectivity index (χ4n) is 4.54. The zero-order valence-corrected chi connectivity index (χ0v) is 22.4. The molecule has 3 heterocycles. The first-order valence-corrected chi connectivity index (χ1v) is 14.0. The molecule has 2 aromatic heterocycles. The molecule has 37 heavy (non-hydrogen) atoms. The van der Waals surface area contributed by atoms with Crippen molar-refractivity contribution in [2.75, 3.05) is 23.0 Å². The summed E-state index contributed by atoms with van der Waals surface area (Å²) in [6.45, 7) is 0. The van der Waals surface area contributed by atoms with Crippen LogP contribution in [-0.4, -0.2) is 36.4 Å². The van der Waals surface area contributed by atoms with E-state index in [4.69, 9.17) is 28.6 Å². The van der Waals surface area contributed by atoms with Gasteiger partial charge in [0.15, 0.2) is 5.11 Å². The number of hydrogen-bond acceptors (Lipinski definition) is 5. The number of hydrogen-bond donors (Lipinski definition) is 2. The number of thiocarbonyl (C=S) groups is 1. The predicted octanol–water partition coefficient (Wildman–Crippen LogP) is 5.08. The summed E-state index contributed by atoms with van der Waals surface area (Å²) in [7, 11) is -2.00. The van der Waals surface area contributed by atoms with Crippen molar-refractivity contribution in [3.05, 3.63) is 102 Å². The Hall–Kier alpha value is -3.60. The minimum absolute atomic E-state index is 0.263. The molecule has 1 aliphatic heterocycles. The Morgan fingerprint density at radius 1 is 1.05 bits per heavy atom. The Kier molecular flexibility index (Phi) is 6.80. The van der Waals surface area contributed by atoms with Gasteiger partial charge < -0.3 is 19.5 Å². The summed E-state index contributed by atoms with van der Waals surface area (Å²) in [5.41, 5.74) is 3.78. The lowest BCUT2D eigenvalue weighted by Crippen LogP contribution is -2.30. The van der Waals surface area contributed by atoms with Crippen molar-refractivity contribution in [3.63, 3.8) is 0 Å². The van der Waals surface area contributed by atoms with Crippen LogP contribution < -0.4 is 19.7 Å². The number of pyridine rings is 1. The number of nitrogens with zero attached hydrogens (tertiary/aromatic N) is 3. The predicted molar refractivity (Wildman–Crippen MR) is 150 cm³/mol. The Bertz CT molecular complexity index is 1560. The van der Waals surface area contributed by atoms with Crippen LogP contribution >= 0.6 is 23.8 Å². The molecule has 190 valence electrons. The number of ether oxygens (including phenoxy) is 1. The van der Waals surface area contributed by atoms with Gasteiger partial charge in [0.1, 0.15) is 11.8 Å². The van der Waals surface area contributed by atoms with Crippen LogP contribution in [0.3, 0.4) is 0 Å². The van der Waals surface area contributed by atoms with Gasteiger partial charge in [0.2, 0.25) is 10.0 Å². The average Bonchev–Trinajstić information content (AvgIpc) is 3.48. The van der Waals surface area contributed by atoms with Crippen molar-refractivity contribution in [3.8, 4) is 11.4 Å². The Morgan fingerprint density at radius 2 is 1.89 bits per heavy atom. The van der Waals surface area contributed by atoms with E-state index in [0.29, 0.717) is 21.6 Å². The maximum Gasteiger partial charge on any atom is 0.229 e. The lowest BCUT2D eigenvalue weighted by molar-refractivity contribution is 0.417. The fraction of sp³-hybridized carbons (Fsp3) is 0.154. The fourth-order valence-corrected chi connectivity index (χ4v) is 5.64. The molecule has 2 N–H and O–H groups in total. The van der Waals surface area contributed by atoms with Crippen molar-refractivity contribution in [1.82, 2.24) is 14.9 Å². The first-order chi connectivity index (χ1) is 17.7. The van der Waals surface area contributed by atoms with Crippen LogP contribution in [0.25, 0.3) is 5.69 Å². The van der Waals surface area contributed by atoms with Crippen LogP contribution in [0, 0.1) is 0 Å². The number of halogens is 1. The van der Waals surface area contributed by atoms with Crippen molar-refractivity contribution < 1.29 is 13.2 Å². The van der Waals surface area contributed by atoms with Crippen molar-refractivity contribution in [2.45, 2.75) is 12.1 Å². The SMILES string of the molecule is COc1cc(N2C(=S)NC(c3ccccn3)C2c2cccn2-c2cccc(Cl)c2)ccc1NS(C)(=O)=O. The van der Waals surface area contributed by atoms with Gasteiger partial charge in [-0.25, -0.2) is 8.42 Å². The molecule has 1 aliphatic rings. The summed E-state index contributed by atoms with van der Waals surface area (Å²) in [6.07, 6.45) is 4.83. The van der Waals surface area contributed by atoms with E-state index in [9.17, 15) is 8.42 Å².